The third-order valence-corrected chi connectivity index (χ3v) is 3.13. The van der Waals surface area contributed by atoms with E-state index in [4.69, 9.17) is 0 Å². The summed E-state index contributed by atoms with van der Waals surface area (Å²) in [5.74, 6) is 4.24. The fourth-order valence-corrected chi connectivity index (χ4v) is 1.95. The first-order valence-corrected chi connectivity index (χ1v) is 6.94. The van der Waals surface area contributed by atoms with Crippen molar-refractivity contribution < 1.29 is 0 Å². The summed E-state index contributed by atoms with van der Waals surface area (Å²) in [4.78, 5) is 8.73. The average molecular weight is 274 g/mol. The summed E-state index contributed by atoms with van der Waals surface area (Å²) in [7, 11) is 1.99. The lowest BCUT2D eigenvalue weighted by Crippen LogP contribution is -2.10. The Labute approximate surface area is 119 Å². The Morgan fingerprint density at radius 2 is 1.90 bits per heavy atom. The summed E-state index contributed by atoms with van der Waals surface area (Å²) in [5.41, 5.74) is 0. The van der Waals surface area contributed by atoms with E-state index in [9.17, 15) is 0 Å². The molecule has 6 heteroatoms. The Balaban J connectivity index is 2.07. The maximum absolute atomic E-state index is 4.48. The summed E-state index contributed by atoms with van der Waals surface area (Å²) < 4.78 is 2.03. The predicted molar refractivity (Wildman–Crippen MR) is 78.5 cm³/mol. The van der Waals surface area contributed by atoms with E-state index in [0.717, 1.165) is 23.3 Å². The van der Waals surface area contributed by atoms with Crippen molar-refractivity contribution in [2.75, 3.05) is 5.32 Å². The zero-order chi connectivity index (χ0) is 14.7. The van der Waals surface area contributed by atoms with Crippen molar-refractivity contribution in [1.29, 1.82) is 0 Å². The van der Waals surface area contributed by atoms with Crippen LogP contribution in [0.3, 0.4) is 0 Å². The number of anilines is 1. The molecule has 108 valence electrons. The SMILES string of the molecule is CC(C)c1nccc(NCc2nnc(C(C)C)n2C)n1. The molecule has 0 saturated carbocycles. The molecule has 0 amide bonds. The molecule has 0 fully saturated rings. The molecule has 2 aromatic heterocycles. The van der Waals surface area contributed by atoms with E-state index >= 15 is 0 Å². The first kappa shape index (κ1) is 14.4. The molecular formula is C14H22N6. The predicted octanol–water partition coefficient (Wildman–Crippen LogP) is 2.46. The highest BCUT2D eigenvalue weighted by Gasteiger charge is 2.11. The molecule has 0 aliphatic carbocycles. The van der Waals surface area contributed by atoms with Crippen LogP contribution >= 0.6 is 0 Å². The molecule has 20 heavy (non-hydrogen) atoms. The number of nitrogens with one attached hydrogen (secondary N) is 1. The molecule has 0 atom stereocenters. The summed E-state index contributed by atoms with van der Waals surface area (Å²) in [5, 5.41) is 11.7. The fourth-order valence-electron chi connectivity index (χ4n) is 1.95. The summed E-state index contributed by atoms with van der Waals surface area (Å²) in [6, 6.07) is 1.87. The lowest BCUT2D eigenvalue weighted by Gasteiger charge is -2.09. The monoisotopic (exact) mass is 274 g/mol. The summed E-state index contributed by atoms with van der Waals surface area (Å²) >= 11 is 0. The Kier molecular flexibility index (Phi) is 4.32. The molecular weight excluding hydrogens is 252 g/mol. The van der Waals surface area contributed by atoms with Gasteiger partial charge in [-0.3, -0.25) is 0 Å². The Morgan fingerprint density at radius 1 is 1.15 bits per heavy atom. The molecule has 0 aliphatic rings. The van der Waals surface area contributed by atoms with Crippen molar-refractivity contribution in [2.45, 2.75) is 46.1 Å². The smallest absolute Gasteiger partial charge is 0.152 e. The van der Waals surface area contributed by atoms with Crippen LogP contribution in [0.2, 0.25) is 0 Å². The van der Waals surface area contributed by atoms with E-state index in [0.29, 0.717) is 18.4 Å². The zero-order valence-corrected chi connectivity index (χ0v) is 12.8. The van der Waals surface area contributed by atoms with Gasteiger partial charge in [-0.05, 0) is 6.07 Å². The summed E-state index contributed by atoms with van der Waals surface area (Å²) in [6.45, 7) is 8.99. The van der Waals surface area contributed by atoms with Crippen LogP contribution in [0.25, 0.3) is 0 Å². The topological polar surface area (TPSA) is 68.5 Å². The van der Waals surface area contributed by atoms with Crippen molar-refractivity contribution in [3.63, 3.8) is 0 Å². The van der Waals surface area contributed by atoms with Gasteiger partial charge in [-0.1, -0.05) is 27.7 Å². The second-order valence-corrected chi connectivity index (χ2v) is 5.50. The zero-order valence-electron chi connectivity index (χ0n) is 12.8. The second-order valence-electron chi connectivity index (χ2n) is 5.50. The van der Waals surface area contributed by atoms with Gasteiger partial charge in [0, 0.05) is 25.1 Å². The quantitative estimate of drug-likeness (QED) is 0.907. The van der Waals surface area contributed by atoms with Crippen LogP contribution in [-0.2, 0) is 13.6 Å². The van der Waals surface area contributed by atoms with E-state index < -0.39 is 0 Å². The number of rotatable bonds is 5. The van der Waals surface area contributed by atoms with E-state index in [2.05, 4.69) is 53.2 Å². The third kappa shape index (κ3) is 3.12. The van der Waals surface area contributed by atoms with Crippen LogP contribution in [0.5, 0.6) is 0 Å². The molecule has 0 bridgehead atoms. The van der Waals surface area contributed by atoms with Gasteiger partial charge < -0.3 is 9.88 Å². The maximum Gasteiger partial charge on any atom is 0.152 e. The standard InChI is InChI=1S/C14H22N6/c1-9(2)13-15-7-6-11(17-13)16-8-12-18-19-14(10(3)4)20(12)5/h6-7,9-10H,8H2,1-5H3,(H,15,16,17). The first-order valence-electron chi connectivity index (χ1n) is 6.94. The molecule has 0 spiro atoms. The largest absolute Gasteiger partial charge is 0.363 e. The van der Waals surface area contributed by atoms with Gasteiger partial charge in [-0.25, -0.2) is 9.97 Å². The summed E-state index contributed by atoms with van der Waals surface area (Å²) in [6.07, 6.45) is 1.78. The molecule has 6 nitrogen and oxygen atoms in total. The first-order chi connectivity index (χ1) is 9.49. The van der Waals surface area contributed by atoms with Crippen molar-refractivity contribution in [3.05, 3.63) is 29.7 Å². The Morgan fingerprint density at radius 3 is 2.50 bits per heavy atom. The highest BCUT2D eigenvalue weighted by atomic mass is 15.3. The minimum Gasteiger partial charge on any atom is -0.363 e. The van der Waals surface area contributed by atoms with Gasteiger partial charge in [0.05, 0.1) is 6.54 Å². The molecule has 0 radical (unpaired) electrons. The van der Waals surface area contributed by atoms with Crippen LogP contribution in [0.1, 0.15) is 57.0 Å². The van der Waals surface area contributed by atoms with Crippen molar-refractivity contribution in [1.82, 2.24) is 24.7 Å². The van der Waals surface area contributed by atoms with E-state index in [-0.39, 0.29) is 0 Å². The van der Waals surface area contributed by atoms with Crippen molar-refractivity contribution >= 4 is 5.82 Å². The van der Waals surface area contributed by atoms with E-state index in [1.165, 1.54) is 0 Å². The van der Waals surface area contributed by atoms with Gasteiger partial charge in [-0.2, -0.15) is 0 Å². The van der Waals surface area contributed by atoms with Crippen LogP contribution in [-0.4, -0.2) is 24.7 Å². The average Bonchev–Trinajstić information content (AvgIpc) is 2.78. The fraction of sp³-hybridized carbons (Fsp3) is 0.571. The molecule has 0 saturated heterocycles. The Hall–Kier alpha value is -1.98. The van der Waals surface area contributed by atoms with Crippen LogP contribution in [0.4, 0.5) is 5.82 Å². The van der Waals surface area contributed by atoms with Crippen LogP contribution in [0.15, 0.2) is 12.3 Å². The third-order valence-electron chi connectivity index (χ3n) is 3.13. The normalized spacial score (nSPS) is 11.3. The van der Waals surface area contributed by atoms with Crippen molar-refractivity contribution in [2.24, 2.45) is 7.05 Å². The number of nitrogens with zero attached hydrogens (tertiary/aromatic N) is 5. The molecule has 2 heterocycles. The number of hydrogen-bond acceptors (Lipinski definition) is 5. The van der Waals surface area contributed by atoms with Gasteiger partial charge in [0.2, 0.25) is 0 Å². The van der Waals surface area contributed by atoms with E-state index in [1.54, 1.807) is 6.20 Å². The van der Waals surface area contributed by atoms with E-state index in [1.807, 2.05) is 17.7 Å². The molecule has 0 aliphatic heterocycles. The van der Waals surface area contributed by atoms with Crippen LogP contribution in [0, 0.1) is 0 Å². The van der Waals surface area contributed by atoms with Gasteiger partial charge in [0.15, 0.2) is 5.82 Å². The van der Waals surface area contributed by atoms with Gasteiger partial charge >= 0.3 is 0 Å². The lowest BCUT2D eigenvalue weighted by molar-refractivity contribution is 0.692. The van der Waals surface area contributed by atoms with Gasteiger partial charge in [0.1, 0.15) is 17.5 Å². The minimum atomic E-state index is 0.319. The molecule has 2 aromatic rings. The van der Waals surface area contributed by atoms with Gasteiger partial charge in [0.25, 0.3) is 0 Å². The van der Waals surface area contributed by atoms with Crippen LogP contribution < -0.4 is 5.32 Å². The minimum absolute atomic E-state index is 0.319. The van der Waals surface area contributed by atoms with Crippen molar-refractivity contribution in [3.8, 4) is 0 Å². The number of aromatic nitrogens is 5. The Bertz CT molecular complexity index is 573. The molecule has 0 unspecified atom stereocenters. The number of hydrogen-bond donors (Lipinski definition) is 1. The molecule has 1 N–H and O–H groups in total. The highest BCUT2D eigenvalue weighted by Crippen LogP contribution is 2.14. The van der Waals surface area contributed by atoms with Gasteiger partial charge in [-0.15, -0.1) is 10.2 Å². The second kappa shape index (κ2) is 5.98. The molecule has 2 rings (SSSR count). The maximum atomic E-state index is 4.48. The lowest BCUT2D eigenvalue weighted by atomic mass is 10.2. The highest BCUT2D eigenvalue weighted by molar-refractivity contribution is 5.33. The molecule has 0 aromatic carbocycles.